The zero-order chi connectivity index (χ0) is 15.5. The molecule has 1 amide bonds. The van der Waals surface area contributed by atoms with E-state index in [1.807, 2.05) is 42.5 Å². The molecule has 3 rings (SSSR count). The summed E-state index contributed by atoms with van der Waals surface area (Å²) in [4.78, 5) is 12.0. The van der Waals surface area contributed by atoms with Crippen molar-refractivity contribution in [1.82, 2.24) is 0 Å². The zero-order valence-electron chi connectivity index (χ0n) is 11.6. The van der Waals surface area contributed by atoms with Crippen LogP contribution in [0.15, 0.2) is 60.7 Å². The van der Waals surface area contributed by atoms with E-state index in [1.54, 1.807) is 0 Å². The highest BCUT2D eigenvalue weighted by Gasteiger charge is 2.12. The zero-order valence-corrected chi connectivity index (χ0v) is 11.6. The molecule has 3 aromatic rings. The molecule has 3 aromatic carbocycles. The maximum atomic E-state index is 13.5. The van der Waals surface area contributed by atoms with Gasteiger partial charge in [0.05, 0.1) is 6.42 Å². The molecule has 0 saturated carbocycles. The summed E-state index contributed by atoms with van der Waals surface area (Å²) in [6, 6.07) is 16.9. The highest BCUT2D eigenvalue weighted by molar-refractivity contribution is 5.93. The first kappa shape index (κ1) is 14.2. The summed E-state index contributed by atoms with van der Waals surface area (Å²) in [6.45, 7) is 0. The van der Waals surface area contributed by atoms with Crippen molar-refractivity contribution in [2.45, 2.75) is 6.42 Å². The summed E-state index contributed by atoms with van der Waals surface area (Å²) in [5, 5.41) is 4.38. The summed E-state index contributed by atoms with van der Waals surface area (Å²) in [6.07, 6.45) is 0.0542. The average molecular weight is 297 g/mol. The Morgan fingerprint density at radius 1 is 0.864 bits per heavy atom. The Hall–Kier alpha value is -2.75. The van der Waals surface area contributed by atoms with Crippen LogP contribution >= 0.6 is 0 Å². The number of anilines is 1. The Morgan fingerprint density at radius 3 is 2.27 bits per heavy atom. The van der Waals surface area contributed by atoms with E-state index in [2.05, 4.69) is 5.32 Å². The van der Waals surface area contributed by atoms with Crippen LogP contribution < -0.4 is 5.32 Å². The molecule has 0 aliphatic rings. The standard InChI is InChI=1S/C18H13F2NO/c19-15-6-3-7-16(20)18(15)21-17(22)11-12-8-9-13-4-1-2-5-14(13)10-12/h1-10H,11H2,(H,21,22). The number of halogens is 2. The Kier molecular flexibility index (Phi) is 3.83. The first-order valence-electron chi connectivity index (χ1n) is 6.85. The number of rotatable bonds is 3. The lowest BCUT2D eigenvalue weighted by molar-refractivity contribution is -0.115. The molecular weight excluding hydrogens is 284 g/mol. The van der Waals surface area contributed by atoms with Crippen LogP contribution in [0.1, 0.15) is 5.56 Å². The quantitative estimate of drug-likeness (QED) is 0.767. The van der Waals surface area contributed by atoms with Gasteiger partial charge in [-0.05, 0) is 28.5 Å². The summed E-state index contributed by atoms with van der Waals surface area (Å²) in [5.74, 6) is -2.03. The highest BCUT2D eigenvalue weighted by atomic mass is 19.1. The first-order valence-corrected chi connectivity index (χ1v) is 6.85. The Morgan fingerprint density at radius 2 is 1.55 bits per heavy atom. The van der Waals surface area contributed by atoms with Gasteiger partial charge in [-0.25, -0.2) is 8.78 Å². The molecule has 0 heterocycles. The van der Waals surface area contributed by atoms with Gasteiger partial charge < -0.3 is 5.32 Å². The van der Waals surface area contributed by atoms with Crippen LogP contribution in [0, 0.1) is 11.6 Å². The van der Waals surface area contributed by atoms with Gasteiger partial charge in [0.1, 0.15) is 17.3 Å². The summed E-state index contributed by atoms with van der Waals surface area (Å²) in [7, 11) is 0. The Bertz CT molecular complexity index is 825. The predicted molar refractivity (Wildman–Crippen MR) is 82.6 cm³/mol. The molecule has 2 nitrogen and oxygen atoms in total. The Labute approximate surface area is 126 Å². The molecule has 0 saturated heterocycles. The molecule has 1 N–H and O–H groups in total. The van der Waals surface area contributed by atoms with Crippen molar-refractivity contribution in [3.8, 4) is 0 Å². The number of hydrogen-bond acceptors (Lipinski definition) is 1. The molecule has 4 heteroatoms. The number of hydrogen-bond donors (Lipinski definition) is 1. The monoisotopic (exact) mass is 297 g/mol. The minimum Gasteiger partial charge on any atom is -0.321 e. The molecular formula is C18H13F2NO. The van der Waals surface area contributed by atoms with E-state index in [9.17, 15) is 13.6 Å². The summed E-state index contributed by atoms with van der Waals surface area (Å²) >= 11 is 0. The molecule has 0 spiro atoms. The Balaban J connectivity index is 1.78. The minimum atomic E-state index is -0.785. The minimum absolute atomic E-state index is 0.0542. The van der Waals surface area contributed by atoms with Crippen LogP contribution in [-0.4, -0.2) is 5.91 Å². The fraction of sp³-hybridized carbons (Fsp3) is 0.0556. The van der Waals surface area contributed by atoms with Crippen LogP contribution in [-0.2, 0) is 11.2 Å². The smallest absolute Gasteiger partial charge is 0.228 e. The van der Waals surface area contributed by atoms with Crippen molar-refractivity contribution >= 4 is 22.4 Å². The van der Waals surface area contributed by atoms with Crippen molar-refractivity contribution in [3.63, 3.8) is 0 Å². The van der Waals surface area contributed by atoms with Crippen LogP contribution in [0.3, 0.4) is 0 Å². The van der Waals surface area contributed by atoms with Gasteiger partial charge in [0.2, 0.25) is 5.91 Å². The molecule has 0 aromatic heterocycles. The van der Waals surface area contributed by atoms with E-state index < -0.39 is 23.2 Å². The number of benzene rings is 3. The largest absolute Gasteiger partial charge is 0.321 e. The van der Waals surface area contributed by atoms with Gasteiger partial charge in [-0.15, -0.1) is 0 Å². The second-order valence-electron chi connectivity index (χ2n) is 5.00. The van der Waals surface area contributed by atoms with Crippen molar-refractivity contribution in [3.05, 3.63) is 77.9 Å². The van der Waals surface area contributed by atoms with Gasteiger partial charge in [0, 0.05) is 0 Å². The third-order valence-electron chi connectivity index (χ3n) is 3.41. The SMILES string of the molecule is O=C(Cc1ccc2ccccc2c1)Nc1c(F)cccc1F. The average Bonchev–Trinajstić information content (AvgIpc) is 2.51. The fourth-order valence-corrected chi connectivity index (χ4v) is 2.33. The van der Waals surface area contributed by atoms with Crippen LogP contribution in [0.2, 0.25) is 0 Å². The predicted octanol–water partition coefficient (Wildman–Crippen LogP) is 4.30. The van der Waals surface area contributed by atoms with Gasteiger partial charge in [-0.3, -0.25) is 4.79 Å². The molecule has 0 aliphatic carbocycles. The van der Waals surface area contributed by atoms with E-state index in [-0.39, 0.29) is 6.42 Å². The molecule has 0 fully saturated rings. The number of nitrogens with one attached hydrogen (secondary N) is 1. The third-order valence-corrected chi connectivity index (χ3v) is 3.41. The first-order chi connectivity index (χ1) is 10.6. The maximum Gasteiger partial charge on any atom is 0.228 e. The topological polar surface area (TPSA) is 29.1 Å². The maximum absolute atomic E-state index is 13.5. The van der Waals surface area contributed by atoms with Gasteiger partial charge in [-0.1, -0.05) is 48.5 Å². The van der Waals surface area contributed by atoms with Crippen molar-refractivity contribution in [2.24, 2.45) is 0 Å². The lowest BCUT2D eigenvalue weighted by atomic mass is 10.0. The molecule has 0 atom stereocenters. The molecule has 110 valence electrons. The van der Waals surface area contributed by atoms with Gasteiger partial charge in [0.25, 0.3) is 0 Å². The molecule has 22 heavy (non-hydrogen) atoms. The number of carbonyl (C=O) groups is 1. The second kappa shape index (κ2) is 5.93. The highest BCUT2D eigenvalue weighted by Crippen LogP contribution is 2.19. The summed E-state index contributed by atoms with van der Waals surface area (Å²) < 4.78 is 27.0. The van der Waals surface area contributed by atoms with Crippen LogP contribution in [0.5, 0.6) is 0 Å². The van der Waals surface area contributed by atoms with Gasteiger partial charge in [-0.2, -0.15) is 0 Å². The number of amides is 1. The van der Waals surface area contributed by atoms with Crippen molar-refractivity contribution < 1.29 is 13.6 Å². The van der Waals surface area contributed by atoms with E-state index in [1.165, 1.54) is 6.07 Å². The van der Waals surface area contributed by atoms with Crippen LogP contribution in [0.4, 0.5) is 14.5 Å². The van der Waals surface area contributed by atoms with E-state index in [0.29, 0.717) is 0 Å². The van der Waals surface area contributed by atoms with E-state index >= 15 is 0 Å². The fourth-order valence-electron chi connectivity index (χ4n) is 2.33. The molecule has 0 radical (unpaired) electrons. The molecule has 0 aliphatic heterocycles. The van der Waals surface area contributed by atoms with E-state index in [4.69, 9.17) is 0 Å². The lowest BCUT2D eigenvalue weighted by Crippen LogP contribution is -2.16. The van der Waals surface area contributed by atoms with Gasteiger partial charge in [0.15, 0.2) is 0 Å². The van der Waals surface area contributed by atoms with Gasteiger partial charge >= 0.3 is 0 Å². The van der Waals surface area contributed by atoms with E-state index in [0.717, 1.165) is 28.5 Å². The normalized spacial score (nSPS) is 10.6. The molecule has 0 unspecified atom stereocenters. The lowest BCUT2D eigenvalue weighted by Gasteiger charge is -2.08. The second-order valence-corrected chi connectivity index (χ2v) is 5.00. The number of para-hydroxylation sites is 1. The van der Waals surface area contributed by atoms with Crippen molar-refractivity contribution in [2.75, 3.05) is 5.32 Å². The third kappa shape index (κ3) is 2.96. The summed E-state index contributed by atoms with van der Waals surface area (Å²) in [5.41, 5.74) is 0.376. The van der Waals surface area contributed by atoms with Crippen molar-refractivity contribution in [1.29, 1.82) is 0 Å². The molecule has 0 bridgehead atoms. The number of fused-ring (bicyclic) bond motifs is 1. The number of carbonyl (C=O) groups excluding carboxylic acids is 1. The van der Waals surface area contributed by atoms with Crippen LogP contribution in [0.25, 0.3) is 10.8 Å².